The third-order valence-corrected chi connectivity index (χ3v) is 3.03. The van der Waals surface area contributed by atoms with Crippen LogP contribution in [-0.2, 0) is 20.7 Å². The minimum Gasteiger partial charge on any atom is -0.382 e. The summed E-state index contributed by atoms with van der Waals surface area (Å²) in [6.45, 7) is 1.49. The average Bonchev–Trinajstić information content (AvgIpc) is 2.67. The summed E-state index contributed by atoms with van der Waals surface area (Å²) in [5.41, 5.74) is 1.02. The van der Waals surface area contributed by atoms with Gasteiger partial charge in [0.1, 0.15) is 5.54 Å². The maximum absolute atomic E-state index is 12.0. The van der Waals surface area contributed by atoms with Crippen molar-refractivity contribution >= 4 is 17.3 Å². The van der Waals surface area contributed by atoms with Crippen LogP contribution >= 0.6 is 0 Å². The molecule has 1 aromatic rings. The number of carbonyl (C=O) groups excluding carboxylic acids is 2. The third kappa shape index (κ3) is 1.96. The number of fused-ring (bicyclic) bond motifs is 1. The molecule has 1 aliphatic rings. The zero-order valence-electron chi connectivity index (χ0n) is 9.95. The molecule has 0 aromatic heterocycles. The molecule has 1 aromatic carbocycles. The number of carbonyl (C=O) groups is 2. The first-order chi connectivity index (χ1) is 8.09. The van der Waals surface area contributed by atoms with Crippen LogP contribution in [0.1, 0.15) is 12.5 Å². The fourth-order valence-electron chi connectivity index (χ4n) is 2.30. The molecule has 0 aliphatic carbocycles. The van der Waals surface area contributed by atoms with Crippen molar-refractivity contribution in [1.29, 1.82) is 0 Å². The van der Waals surface area contributed by atoms with E-state index in [0.29, 0.717) is 6.42 Å². The quantitative estimate of drug-likeness (QED) is 0.794. The Morgan fingerprint density at radius 1 is 1.41 bits per heavy atom. The number of ether oxygens (including phenoxy) is 1. The minimum absolute atomic E-state index is 0.195. The van der Waals surface area contributed by atoms with E-state index in [1.54, 1.807) is 0 Å². The highest BCUT2D eigenvalue weighted by molar-refractivity contribution is 6.40. The van der Waals surface area contributed by atoms with Crippen molar-refractivity contribution in [2.45, 2.75) is 18.9 Å². The number of nitrogens with one attached hydrogen (secondary N) is 1. The van der Waals surface area contributed by atoms with Gasteiger partial charge in [-0.3, -0.25) is 9.59 Å². The molecule has 0 bridgehead atoms. The van der Waals surface area contributed by atoms with Gasteiger partial charge in [-0.2, -0.15) is 0 Å². The van der Waals surface area contributed by atoms with Gasteiger partial charge in [0.2, 0.25) is 5.78 Å². The number of benzene rings is 1. The molecule has 0 saturated heterocycles. The molecular formula is C13H15NO3. The molecule has 17 heavy (non-hydrogen) atoms. The molecule has 1 atom stereocenters. The summed E-state index contributed by atoms with van der Waals surface area (Å²) in [5, 5.41) is 3.13. The Bertz CT molecular complexity index is 442. The lowest BCUT2D eigenvalue weighted by atomic mass is 9.89. The Morgan fingerprint density at radius 2 is 2.12 bits per heavy atom. The van der Waals surface area contributed by atoms with Gasteiger partial charge in [0.25, 0.3) is 0 Å². The van der Waals surface area contributed by atoms with E-state index in [2.05, 4.69) is 5.32 Å². The number of hydrogen-bond donors (Lipinski definition) is 1. The zero-order valence-corrected chi connectivity index (χ0v) is 9.95. The first-order valence-corrected chi connectivity index (χ1v) is 5.49. The number of para-hydroxylation sites is 1. The summed E-state index contributed by atoms with van der Waals surface area (Å²) in [4.78, 5) is 23.4. The number of hydrogen-bond acceptors (Lipinski definition) is 4. The van der Waals surface area contributed by atoms with E-state index in [0.717, 1.165) is 11.3 Å². The van der Waals surface area contributed by atoms with Crippen LogP contribution in [0, 0.1) is 0 Å². The van der Waals surface area contributed by atoms with Gasteiger partial charge in [-0.15, -0.1) is 0 Å². The standard InChI is InChI=1S/C13H15NO3/c1-9(15)12(16)13(8-17-2)7-10-5-3-4-6-11(10)14-13/h3-6,14H,7-8H2,1-2H3/t13-/m0/s1. The molecule has 0 unspecified atom stereocenters. The third-order valence-electron chi connectivity index (χ3n) is 3.03. The van der Waals surface area contributed by atoms with Crippen LogP contribution in [0.3, 0.4) is 0 Å². The first-order valence-electron chi connectivity index (χ1n) is 5.49. The smallest absolute Gasteiger partial charge is 0.226 e. The summed E-state index contributed by atoms with van der Waals surface area (Å²) in [6.07, 6.45) is 0.495. The lowest BCUT2D eigenvalue weighted by Gasteiger charge is -2.26. The molecule has 90 valence electrons. The van der Waals surface area contributed by atoms with Crippen LogP contribution < -0.4 is 5.32 Å². The second-order valence-electron chi connectivity index (χ2n) is 4.36. The predicted octanol–water partition coefficient (Wildman–Crippen LogP) is 1.20. The van der Waals surface area contributed by atoms with Gasteiger partial charge in [-0.1, -0.05) is 18.2 Å². The van der Waals surface area contributed by atoms with E-state index in [4.69, 9.17) is 4.74 Å². The van der Waals surface area contributed by atoms with Gasteiger partial charge in [-0.05, 0) is 11.6 Å². The lowest BCUT2D eigenvalue weighted by molar-refractivity contribution is -0.139. The lowest BCUT2D eigenvalue weighted by Crippen LogP contribution is -2.51. The van der Waals surface area contributed by atoms with Gasteiger partial charge >= 0.3 is 0 Å². The van der Waals surface area contributed by atoms with E-state index in [1.165, 1.54) is 14.0 Å². The number of rotatable bonds is 4. The number of Topliss-reactive ketones (excluding diaryl/α,β-unsaturated/α-hetero) is 2. The van der Waals surface area contributed by atoms with Crippen molar-refractivity contribution < 1.29 is 14.3 Å². The number of ketones is 2. The normalized spacial score (nSPS) is 21.8. The summed E-state index contributed by atoms with van der Waals surface area (Å²) in [5.74, 6) is -0.863. The summed E-state index contributed by atoms with van der Waals surface area (Å²) in [7, 11) is 1.53. The first kappa shape index (κ1) is 11.8. The minimum atomic E-state index is -0.926. The van der Waals surface area contributed by atoms with Crippen LogP contribution in [0.15, 0.2) is 24.3 Å². The summed E-state index contributed by atoms with van der Waals surface area (Å²) in [6, 6.07) is 7.67. The van der Waals surface area contributed by atoms with E-state index in [-0.39, 0.29) is 6.61 Å². The van der Waals surface area contributed by atoms with E-state index >= 15 is 0 Å². The number of anilines is 1. The predicted molar refractivity (Wildman–Crippen MR) is 64.1 cm³/mol. The van der Waals surface area contributed by atoms with Crippen molar-refractivity contribution in [3.8, 4) is 0 Å². The maximum Gasteiger partial charge on any atom is 0.226 e. The largest absolute Gasteiger partial charge is 0.382 e. The van der Waals surface area contributed by atoms with Gasteiger partial charge < -0.3 is 10.1 Å². The van der Waals surface area contributed by atoms with Crippen molar-refractivity contribution in [3.05, 3.63) is 29.8 Å². The van der Waals surface area contributed by atoms with Crippen LogP contribution in [0.4, 0.5) is 5.69 Å². The molecule has 2 rings (SSSR count). The molecule has 1 heterocycles. The zero-order chi connectivity index (χ0) is 12.5. The fourth-order valence-corrected chi connectivity index (χ4v) is 2.30. The second-order valence-corrected chi connectivity index (χ2v) is 4.36. The maximum atomic E-state index is 12.0. The highest BCUT2D eigenvalue weighted by Gasteiger charge is 2.45. The van der Waals surface area contributed by atoms with E-state index in [1.807, 2.05) is 24.3 Å². The highest BCUT2D eigenvalue weighted by Crippen LogP contribution is 2.33. The van der Waals surface area contributed by atoms with E-state index in [9.17, 15) is 9.59 Å². The molecule has 0 saturated carbocycles. The highest BCUT2D eigenvalue weighted by atomic mass is 16.5. The van der Waals surface area contributed by atoms with E-state index < -0.39 is 17.1 Å². The fraction of sp³-hybridized carbons (Fsp3) is 0.385. The van der Waals surface area contributed by atoms with Crippen LogP contribution in [0.5, 0.6) is 0 Å². The van der Waals surface area contributed by atoms with Gasteiger partial charge in [0.05, 0.1) is 6.61 Å². The Kier molecular flexibility index (Phi) is 2.98. The molecule has 4 heteroatoms. The van der Waals surface area contributed by atoms with Crippen LogP contribution in [0.25, 0.3) is 0 Å². The van der Waals surface area contributed by atoms with Gasteiger partial charge in [0.15, 0.2) is 5.78 Å². The van der Waals surface area contributed by atoms with Crippen LogP contribution in [0.2, 0.25) is 0 Å². The average molecular weight is 233 g/mol. The molecule has 1 aliphatic heterocycles. The number of methoxy groups -OCH3 is 1. The molecule has 4 nitrogen and oxygen atoms in total. The SMILES string of the molecule is COC[C@]1(C(=O)C(C)=O)Cc2ccccc2N1. The van der Waals surface area contributed by atoms with Gasteiger partial charge in [0, 0.05) is 26.1 Å². The molecule has 0 amide bonds. The monoisotopic (exact) mass is 233 g/mol. The van der Waals surface area contributed by atoms with Crippen molar-refractivity contribution in [1.82, 2.24) is 0 Å². The van der Waals surface area contributed by atoms with Gasteiger partial charge in [-0.25, -0.2) is 0 Å². The Hall–Kier alpha value is -1.68. The molecule has 0 spiro atoms. The Morgan fingerprint density at radius 3 is 2.71 bits per heavy atom. The topological polar surface area (TPSA) is 55.4 Å². The summed E-state index contributed by atoms with van der Waals surface area (Å²) < 4.78 is 5.10. The summed E-state index contributed by atoms with van der Waals surface area (Å²) >= 11 is 0. The molecule has 0 radical (unpaired) electrons. The van der Waals surface area contributed by atoms with Crippen molar-refractivity contribution in [2.24, 2.45) is 0 Å². The van der Waals surface area contributed by atoms with Crippen molar-refractivity contribution in [3.63, 3.8) is 0 Å². The molecular weight excluding hydrogens is 218 g/mol. The Labute approximate surface area is 100.0 Å². The van der Waals surface area contributed by atoms with Crippen molar-refractivity contribution in [2.75, 3.05) is 19.0 Å². The second kappa shape index (κ2) is 4.30. The van der Waals surface area contributed by atoms with Crippen LogP contribution in [-0.4, -0.2) is 30.8 Å². The molecule has 1 N–H and O–H groups in total. The molecule has 0 fully saturated rings. The Balaban J connectivity index is 2.35.